The van der Waals surface area contributed by atoms with Gasteiger partial charge in [0.1, 0.15) is 9.78 Å². The molecule has 1 N–H and O–H groups in total. The normalized spacial score (nSPS) is 14.5. The second-order valence-corrected chi connectivity index (χ2v) is 8.31. The van der Waals surface area contributed by atoms with Crippen molar-refractivity contribution in [3.63, 3.8) is 0 Å². The fourth-order valence-electron chi connectivity index (χ4n) is 2.59. The third kappa shape index (κ3) is 4.98. The van der Waals surface area contributed by atoms with E-state index in [1.807, 2.05) is 13.8 Å². The Hall–Kier alpha value is -0.896. The Balaban J connectivity index is 0.00000177. The minimum atomic E-state index is -4.36. The Morgan fingerprint density at radius 1 is 1.21 bits per heavy atom. The van der Waals surface area contributed by atoms with Crippen LogP contribution in [-0.4, -0.2) is 31.5 Å². The van der Waals surface area contributed by atoms with Gasteiger partial charge in [-0.3, -0.25) is 0 Å². The molecule has 0 spiro atoms. The number of benzene rings is 1. The van der Waals surface area contributed by atoms with Crippen LogP contribution >= 0.6 is 11.3 Å². The molecule has 1 aliphatic rings. The second kappa shape index (κ2) is 10.8. The van der Waals surface area contributed by atoms with Gasteiger partial charge in [-0.2, -0.15) is 0 Å². The van der Waals surface area contributed by atoms with Crippen LogP contribution in [0.2, 0.25) is 0 Å². The minimum absolute atomic E-state index is 0. The Bertz CT molecular complexity index is 944. The Morgan fingerprint density at radius 3 is 2.32 bits per heavy atom. The first-order valence-electron chi connectivity index (χ1n) is 8.01. The van der Waals surface area contributed by atoms with E-state index >= 15 is 0 Å². The molecule has 0 amide bonds. The molecule has 1 aromatic carbocycles. The molecular weight excluding hydrogens is 483 g/mol. The molecule has 0 saturated carbocycles. The van der Waals surface area contributed by atoms with E-state index in [1.54, 1.807) is 32.0 Å². The monoisotopic (exact) mass is 506 g/mol. The number of sulfonamides is 1. The summed E-state index contributed by atoms with van der Waals surface area (Å²) in [5.41, 5.74) is 0.898. The molecule has 1 aliphatic heterocycles. The van der Waals surface area contributed by atoms with Gasteiger partial charge in [-0.25, -0.2) is 26.5 Å². The largest absolute Gasteiger partial charge is 0.505 e. The number of alkyl halides is 2. The predicted octanol–water partition coefficient (Wildman–Crippen LogP) is 5.03. The molecule has 2 heterocycles. The molecule has 0 saturated heterocycles. The van der Waals surface area contributed by atoms with Gasteiger partial charge in [0.15, 0.2) is 11.6 Å². The van der Waals surface area contributed by atoms with Crippen LogP contribution in [0.4, 0.5) is 14.6 Å². The first-order chi connectivity index (χ1) is 12.2. The first kappa shape index (κ1) is 27.1. The molecule has 10 heteroatoms. The summed E-state index contributed by atoms with van der Waals surface area (Å²) < 4.78 is 52.3. The fraction of sp³-hybridized carbons (Fsp3) is 0.333. The average Bonchev–Trinajstić information content (AvgIpc) is 2.97. The van der Waals surface area contributed by atoms with E-state index in [9.17, 15) is 22.3 Å². The quantitative estimate of drug-likeness (QED) is 0.593. The zero-order valence-corrected chi connectivity index (χ0v) is 20.9. The number of rotatable bonds is 3. The van der Waals surface area contributed by atoms with Crippen LogP contribution in [0.3, 0.4) is 0 Å². The van der Waals surface area contributed by atoms with Crippen molar-refractivity contribution in [2.24, 2.45) is 0 Å². The zero-order valence-electron chi connectivity index (χ0n) is 16.4. The molecule has 28 heavy (non-hydrogen) atoms. The van der Waals surface area contributed by atoms with Gasteiger partial charge in [-0.1, -0.05) is 38.1 Å². The van der Waals surface area contributed by atoms with Gasteiger partial charge >= 0.3 is 0 Å². The summed E-state index contributed by atoms with van der Waals surface area (Å²) in [6, 6.07) is 6.59. The fourth-order valence-corrected chi connectivity index (χ4v) is 5.33. The number of thiazole rings is 1. The van der Waals surface area contributed by atoms with E-state index in [-0.39, 0.29) is 61.3 Å². The van der Waals surface area contributed by atoms with Gasteiger partial charge in [-0.05, 0) is 19.4 Å². The van der Waals surface area contributed by atoms with E-state index in [0.29, 0.717) is 14.9 Å². The van der Waals surface area contributed by atoms with Gasteiger partial charge in [0.05, 0.1) is 11.6 Å². The molecule has 0 fully saturated rings. The van der Waals surface area contributed by atoms with Gasteiger partial charge in [0, 0.05) is 38.3 Å². The maximum Gasteiger partial charge on any atom is 0.270 e. The van der Waals surface area contributed by atoms with Crippen LogP contribution in [0, 0.1) is 21.3 Å². The molecule has 5 nitrogen and oxygen atoms in total. The number of hydrogen-bond acceptors (Lipinski definition) is 5. The summed E-state index contributed by atoms with van der Waals surface area (Å²) >= 11 is 1.06. The molecule has 0 bridgehead atoms. The van der Waals surface area contributed by atoms with Crippen molar-refractivity contribution in [1.82, 2.24) is 4.98 Å². The van der Waals surface area contributed by atoms with Crippen molar-refractivity contribution in [3.05, 3.63) is 52.7 Å². The van der Waals surface area contributed by atoms with E-state index in [4.69, 9.17) is 0 Å². The van der Waals surface area contributed by atoms with Crippen LogP contribution in [0.25, 0.3) is 10.7 Å². The van der Waals surface area contributed by atoms with Gasteiger partial charge < -0.3 is 12.5 Å². The van der Waals surface area contributed by atoms with Crippen LogP contribution < -0.4 is 4.31 Å². The van der Waals surface area contributed by atoms with Crippen molar-refractivity contribution < 1.29 is 55.0 Å². The van der Waals surface area contributed by atoms with Crippen LogP contribution in [0.5, 0.6) is 0 Å². The second-order valence-electron chi connectivity index (χ2n) is 5.31. The molecule has 2 aromatic rings. The van der Waals surface area contributed by atoms with Crippen molar-refractivity contribution in [2.75, 3.05) is 10.8 Å². The number of nitrogens with zero attached hydrogens (tertiary/aromatic N) is 2. The summed E-state index contributed by atoms with van der Waals surface area (Å²) in [6.45, 7) is 6.30. The van der Waals surface area contributed by atoms with Crippen molar-refractivity contribution >= 4 is 37.8 Å². The Labute approximate surface area is 194 Å². The molecular formula is C18H23F2N2O3S2Y-. The maximum atomic E-state index is 13.0. The number of hydrogen-bond donors (Lipinski definition) is 1. The van der Waals surface area contributed by atoms with E-state index in [1.165, 1.54) is 6.07 Å². The minimum Gasteiger partial charge on any atom is -0.505 e. The third-order valence-electron chi connectivity index (χ3n) is 3.62. The predicted molar refractivity (Wildman–Crippen MR) is 108 cm³/mol. The van der Waals surface area contributed by atoms with Crippen LogP contribution in [0.15, 0.2) is 24.3 Å². The number of aromatic nitrogens is 1. The molecule has 3 rings (SSSR count). The number of aryl methyl sites for hydroxylation is 2. The van der Waals surface area contributed by atoms with Crippen molar-refractivity contribution in [2.45, 2.75) is 34.1 Å². The molecule has 1 radical (unpaired) electrons. The molecule has 153 valence electrons. The average molecular weight is 506 g/mol. The Kier molecular flexibility index (Phi) is 10.4. The van der Waals surface area contributed by atoms with E-state index in [0.717, 1.165) is 11.3 Å². The summed E-state index contributed by atoms with van der Waals surface area (Å²) in [4.78, 5) is 3.84. The van der Waals surface area contributed by atoms with Crippen LogP contribution in [0.1, 0.15) is 34.9 Å². The number of halogens is 2. The van der Waals surface area contributed by atoms with Crippen molar-refractivity contribution in [3.8, 4) is 0 Å². The topological polar surface area (TPSA) is 70.5 Å². The SMILES string of the molecule is CC.Cc1nc2c(s1)C(O)=C(c1ccccc1C)S(=O)(=O)N2CC(F)F.[CH3-].[Y]. The number of aliphatic hydroxyl groups is 1. The molecule has 0 atom stereocenters. The summed E-state index contributed by atoms with van der Waals surface area (Å²) in [5, 5.41) is 11.0. The zero-order chi connectivity index (χ0) is 19.6. The van der Waals surface area contributed by atoms with Gasteiger partial charge in [0.25, 0.3) is 16.4 Å². The standard InChI is InChI=1S/C15H14F2N2O3S2.C2H6.CH3.Y/c1-8-5-3-4-6-10(8)14-12(20)13-15(18-9(2)23-13)19(7-11(16)17)24(14,21)22;1-2;;/h3-6,11,20H,7H2,1-2H3;1-2H3;1H3;/q;;-1;. The van der Waals surface area contributed by atoms with Gasteiger partial charge in [-0.15, -0.1) is 11.3 Å². The van der Waals surface area contributed by atoms with E-state index < -0.39 is 28.8 Å². The molecule has 0 aliphatic carbocycles. The van der Waals surface area contributed by atoms with Crippen molar-refractivity contribution in [1.29, 1.82) is 0 Å². The number of aliphatic hydroxyl groups excluding tert-OH is 1. The smallest absolute Gasteiger partial charge is 0.270 e. The number of fused-ring (bicyclic) bond motifs is 1. The third-order valence-corrected chi connectivity index (χ3v) is 6.42. The first-order valence-corrected chi connectivity index (χ1v) is 10.3. The Morgan fingerprint density at radius 2 is 1.79 bits per heavy atom. The van der Waals surface area contributed by atoms with Crippen LogP contribution in [-0.2, 0) is 42.7 Å². The summed E-state index contributed by atoms with van der Waals surface area (Å²) in [6.07, 6.45) is -2.87. The van der Waals surface area contributed by atoms with Gasteiger partial charge in [0.2, 0.25) is 0 Å². The number of anilines is 1. The summed E-state index contributed by atoms with van der Waals surface area (Å²) in [7, 11) is -4.36. The molecule has 1 aromatic heterocycles. The van der Waals surface area contributed by atoms with E-state index in [2.05, 4.69) is 4.98 Å². The summed E-state index contributed by atoms with van der Waals surface area (Å²) in [5.74, 6) is -0.594. The maximum absolute atomic E-state index is 13.0. The molecule has 0 unspecified atom stereocenters.